The Morgan fingerprint density at radius 2 is 1.95 bits per heavy atom. The Labute approximate surface area is 132 Å². The molecule has 2 aromatic rings. The van der Waals surface area contributed by atoms with Crippen LogP contribution in [0.3, 0.4) is 0 Å². The minimum absolute atomic E-state index is 0.790. The van der Waals surface area contributed by atoms with Crippen LogP contribution in [0.25, 0.3) is 0 Å². The van der Waals surface area contributed by atoms with Gasteiger partial charge in [0.05, 0.1) is 0 Å². The van der Waals surface area contributed by atoms with Gasteiger partial charge in [0.1, 0.15) is 10.5 Å². The number of benzene rings is 1. The highest BCUT2D eigenvalue weighted by Gasteiger charge is 2.12. The zero-order valence-corrected chi connectivity index (χ0v) is 13.7. The van der Waals surface area contributed by atoms with Crippen molar-refractivity contribution in [1.29, 1.82) is 0 Å². The van der Waals surface area contributed by atoms with Crippen LogP contribution in [0.2, 0.25) is 0 Å². The highest BCUT2D eigenvalue weighted by molar-refractivity contribution is 9.10. The molecule has 0 unspecified atom stereocenters. The lowest BCUT2D eigenvalue weighted by Gasteiger charge is -2.10. The van der Waals surface area contributed by atoms with Crippen LogP contribution in [0.1, 0.15) is 41.9 Å². The second-order valence-corrected chi connectivity index (χ2v) is 6.52. The average Bonchev–Trinajstić information content (AvgIpc) is 2.67. The summed E-state index contributed by atoms with van der Waals surface area (Å²) in [5, 5.41) is 0. The largest absolute Gasteiger partial charge is 0.347 e. The molecule has 3 rings (SSSR count). The molecule has 0 radical (unpaired) electrons. The maximum atomic E-state index is 5.49. The molecule has 0 saturated heterocycles. The molecular weight excluding hydrogens is 332 g/mol. The van der Waals surface area contributed by atoms with Crippen molar-refractivity contribution in [3.05, 3.63) is 56.0 Å². The molecule has 1 aromatic carbocycles. The number of aromatic nitrogens is 2. The summed E-state index contributed by atoms with van der Waals surface area (Å²) < 4.78 is 1.92. The lowest BCUT2D eigenvalue weighted by Crippen LogP contribution is -2.05. The number of fused-ring (bicyclic) bond motifs is 1. The minimum atomic E-state index is 0.790. The quantitative estimate of drug-likeness (QED) is 0.625. The summed E-state index contributed by atoms with van der Waals surface area (Å²) in [7, 11) is 0. The van der Waals surface area contributed by atoms with E-state index in [0.717, 1.165) is 34.2 Å². The molecular formula is C16H17BrN2S. The van der Waals surface area contributed by atoms with Crippen LogP contribution in [-0.2, 0) is 19.3 Å². The van der Waals surface area contributed by atoms with Crippen molar-refractivity contribution in [3.8, 4) is 0 Å². The molecule has 0 atom stereocenters. The van der Waals surface area contributed by atoms with Crippen LogP contribution >= 0.6 is 28.1 Å². The molecule has 2 nitrogen and oxygen atoms in total. The summed E-state index contributed by atoms with van der Waals surface area (Å²) in [6.45, 7) is 0. The van der Waals surface area contributed by atoms with Crippen LogP contribution < -0.4 is 0 Å². The number of aryl methyl sites for hydroxylation is 1. The number of hydrogen-bond donors (Lipinski definition) is 1. The zero-order valence-electron chi connectivity index (χ0n) is 11.3. The number of H-pyrrole nitrogens is 1. The molecule has 1 aliphatic rings. The Morgan fingerprint density at radius 1 is 1.15 bits per heavy atom. The molecule has 4 heteroatoms. The molecule has 1 N–H and O–H groups in total. The Bertz CT molecular complexity index is 678. The van der Waals surface area contributed by atoms with Crippen LogP contribution in [-0.4, -0.2) is 9.97 Å². The maximum absolute atomic E-state index is 5.49. The van der Waals surface area contributed by atoms with Crippen molar-refractivity contribution in [2.75, 3.05) is 0 Å². The lowest BCUT2D eigenvalue weighted by molar-refractivity contribution is 0.708. The van der Waals surface area contributed by atoms with E-state index in [1.165, 1.54) is 36.1 Å². The summed E-state index contributed by atoms with van der Waals surface area (Å²) in [5.74, 6) is 0.975. The molecule has 104 valence electrons. The van der Waals surface area contributed by atoms with Gasteiger partial charge in [-0.1, -0.05) is 52.8 Å². The van der Waals surface area contributed by atoms with Gasteiger partial charge in [0, 0.05) is 22.2 Å². The van der Waals surface area contributed by atoms with Crippen molar-refractivity contribution < 1.29 is 0 Å². The summed E-state index contributed by atoms with van der Waals surface area (Å²) >= 11 is 9.08. The molecule has 0 amide bonds. The van der Waals surface area contributed by atoms with Gasteiger partial charge >= 0.3 is 0 Å². The first-order chi connectivity index (χ1) is 9.74. The molecule has 1 aromatic heterocycles. The number of aromatic amines is 1. The van der Waals surface area contributed by atoms with Gasteiger partial charge in [-0.05, 0) is 37.3 Å². The second kappa shape index (κ2) is 6.19. The van der Waals surface area contributed by atoms with E-state index in [1.807, 2.05) is 6.07 Å². The maximum Gasteiger partial charge on any atom is 0.133 e. The van der Waals surface area contributed by atoms with E-state index in [0.29, 0.717) is 0 Å². The Balaban J connectivity index is 1.95. The van der Waals surface area contributed by atoms with Crippen molar-refractivity contribution in [3.63, 3.8) is 0 Å². The van der Waals surface area contributed by atoms with Crippen LogP contribution in [0.4, 0.5) is 0 Å². The molecule has 20 heavy (non-hydrogen) atoms. The Kier molecular flexibility index (Phi) is 4.32. The number of hydrogen-bond acceptors (Lipinski definition) is 2. The van der Waals surface area contributed by atoms with E-state index in [9.17, 15) is 0 Å². The fourth-order valence-electron chi connectivity index (χ4n) is 2.75. The third-order valence-corrected chi connectivity index (χ3v) is 4.93. The van der Waals surface area contributed by atoms with E-state index in [2.05, 4.69) is 44.1 Å². The molecule has 1 aliphatic carbocycles. The van der Waals surface area contributed by atoms with Crippen LogP contribution in [0, 0.1) is 4.64 Å². The van der Waals surface area contributed by atoms with E-state index in [1.54, 1.807) is 0 Å². The predicted molar refractivity (Wildman–Crippen MR) is 87.6 cm³/mol. The smallest absolute Gasteiger partial charge is 0.133 e. The highest BCUT2D eigenvalue weighted by Crippen LogP contribution is 2.22. The van der Waals surface area contributed by atoms with Gasteiger partial charge in [-0.25, -0.2) is 4.98 Å². The number of rotatable bonds is 2. The first-order valence-corrected chi connectivity index (χ1v) is 8.28. The van der Waals surface area contributed by atoms with E-state index < -0.39 is 0 Å². The van der Waals surface area contributed by atoms with E-state index in [4.69, 9.17) is 12.2 Å². The molecule has 0 saturated carbocycles. The summed E-state index contributed by atoms with van der Waals surface area (Å²) in [6.07, 6.45) is 6.74. The van der Waals surface area contributed by atoms with Gasteiger partial charge in [-0.3, -0.25) is 0 Å². The SMILES string of the molecule is S=c1nc(Cc2ccccc2Br)[nH]c2c1CCCCC2. The molecule has 0 fully saturated rings. The van der Waals surface area contributed by atoms with Gasteiger partial charge in [-0.2, -0.15) is 0 Å². The van der Waals surface area contributed by atoms with Gasteiger partial charge < -0.3 is 4.98 Å². The highest BCUT2D eigenvalue weighted by atomic mass is 79.9. The third-order valence-electron chi connectivity index (χ3n) is 3.82. The van der Waals surface area contributed by atoms with Crippen molar-refractivity contribution in [1.82, 2.24) is 9.97 Å². The fourth-order valence-corrected chi connectivity index (χ4v) is 3.51. The molecule has 0 aliphatic heterocycles. The first-order valence-electron chi connectivity index (χ1n) is 7.08. The number of halogens is 1. The molecule has 1 heterocycles. The number of nitrogens with zero attached hydrogens (tertiary/aromatic N) is 1. The average molecular weight is 349 g/mol. The van der Waals surface area contributed by atoms with E-state index in [-0.39, 0.29) is 0 Å². The Hall–Kier alpha value is -1.00. The second-order valence-electron chi connectivity index (χ2n) is 5.27. The summed E-state index contributed by atoms with van der Waals surface area (Å²) in [4.78, 5) is 8.13. The lowest BCUT2D eigenvalue weighted by atomic mass is 10.1. The summed E-state index contributed by atoms with van der Waals surface area (Å²) in [5.41, 5.74) is 3.82. The van der Waals surface area contributed by atoms with Crippen molar-refractivity contribution in [2.45, 2.75) is 38.5 Å². The van der Waals surface area contributed by atoms with Crippen LogP contribution in [0.5, 0.6) is 0 Å². The first kappa shape index (κ1) is 14.0. The topological polar surface area (TPSA) is 28.7 Å². The van der Waals surface area contributed by atoms with Crippen molar-refractivity contribution >= 4 is 28.1 Å². The number of nitrogens with one attached hydrogen (secondary N) is 1. The van der Waals surface area contributed by atoms with Gasteiger partial charge in [0.15, 0.2) is 0 Å². The standard InChI is InChI=1S/C16H17BrN2S/c17-13-8-5-4-6-11(13)10-15-18-14-9-3-1-2-7-12(14)16(20)19-15/h4-6,8H,1-3,7,9-10H2,(H,18,19,20). The molecule has 0 bridgehead atoms. The molecule has 0 spiro atoms. The normalized spacial score (nSPS) is 14.7. The minimum Gasteiger partial charge on any atom is -0.347 e. The van der Waals surface area contributed by atoms with Gasteiger partial charge in [0.25, 0.3) is 0 Å². The third kappa shape index (κ3) is 3.01. The predicted octanol–water partition coefficient (Wildman–Crippen LogP) is 4.76. The van der Waals surface area contributed by atoms with Gasteiger partial charge in [0.2, 0.25) is 0 Å². The van der Waals surface area contributed by atoms with E-state index >= 15 is 0 Å². The van der Waals surface area contributed by atoms with Gasteiger partial charge in [-0.15, -0.1) is 0 Å². The van der Waals surface area contributed by atoms with Crippen molar-refractivity contribution in [2.24, 2.45) is 0 Å². The summed E-state index contributed by atoms with van der Waals surface area (Å²) in [6, 6.07) is 8.26. The van der Waals surface area contributed by atoms with Crippen LogP contribution in [0.15, 0.2) is 28.7 Å². The fraction of sp³-hybridized carbons (Fsp3) is 0.375. The Morgan fingerprint density at radius 3 is 2.80 bits per heavy atom. The monoisotopic (exact) mass is 348 g/mol. The zero-order chi connectivity index (χ0) is 13.9.